The van der Waals surface area contributed by atoms with Crippen molar-refractivity contribution in [1.29, 1.82) is 0 Å². The summed E-state index contributed by atoms with van der Waals surface area (Å²) in [5.74, 6) is -0.0658. The fraction of sp³-hybridized carbons (Fsp3) is 0.333. The molecule has 1 N–H and O–H groups in total. The van der Waals surface area contributed by atoms with Gasteiger partial charge in [-0.05, 0) is 46.5 Å². The van der Waals surface area contributed by atoms with Crippen LogP contribution < -0.4 is 10.9 Å². The minimum Gasteiger partial charge on any atom is -0.350 e. The molecule has 0 aliphatic rings. The van der Waals surface area contributed by atoms with E-state index in [4.69, 9.17) is 0 Å². The Labute approximate surface area is 144 Å². The summed E-state index contributed by atoms with van der Waals surface area (Å²) >= 11 is 3.33. The number of rotatable bonds is 6. The van der Waals surface area contributed by atoms with Crippen molar-refractivity contribution in [3.63, 3.8) is 0 Å². The fourth-order valence-corrected chi connectivity index (χ4v) is 2.72. The molecule has 0 radical (unpaired) electrons. The van der Waals surface area contributed by atoms with Gasteiger partial charge in [0.15, 0.2) is 0 Å². The number of aromatic nitrogens is 1. The summed E-state index contributed by atoms with van der Waals surface area (Å²) in [6, 6.07) is 11.4. The second-order valence-electron chi connectivity index (χ2n) is 5.51. The van der Waals surface area contributed by atoms with E-state index in [0.29, 0.717) is 6.54 Å². The Morgan fingerprint density at radius 3 is 2.57 bits per heavy atom. The van der Waals surface area contributed by atoms with Gasteiger partial charge in [-0.2, -0.15) is 0 Å². The summed E-state index contributed by atoms with van der Waals surface area (Å²) in [5, 5.41) is 2.97. The Morgan fingerprint density at radius 1 is 1.22 bits per heavy atom. The van der Waals surface area contributed by atoms with E-state index in [1.165, 1.54) is 16.2 Å². The average molecular weight is 377 g/mol. The van der Waals surface area contributed by atoms with Crippen LogP contribution in [0.5, 0.6) is 0 Å². The molecule has 5 heteroatoms. The molecule has 122 valence electrons. The molecule has 0 spiro atoms. The molecular weight excluding hydrogens is 356 g/mol. The number of aryl methyl sites for hydroxylation is 2. The largest absolute Gasteiger partial charge is 0.350 e. The van der Waals surface area contributed by atoms with Gasteiger partial charge in [0.05, 0.1) is 6.04 Å². The first-order valence-electron chi connectivity index (χ1n) is 7.73. The molecule has 0 aliphatic carbocycles. The molecule has 23 heavy (non-hydrogen) atoms. The molecule has 2 aromatic rings. The van der Waals surface area contributed by atoms with Crippen molar-refractivity contribution in [2.75, 3.05) is 0 Å². The molecule has 4 nitrogen and oxygen atoms in total. The molecule has 2 rings (SSSR count). The predicted octanol–water partition coefficient (Wildman–Crippen LogP) is 3.44. The van der Waals surface area contributed by atoms with Crippen molar-refractivity contribution >= 4 is 21.8 Å². The van der Waals surface area contributed by atoms with Gasteiger partial charge in [0.2, 0.25) is 5.91 Å². The maximum Gasteiger partial charge on any atom is 0.250 e. The number of carbonyl (C=O) groups excluding carboxylic acids is 1. The number of halogens is 1. The van der Waals surface area contributed by atoms with Crippen molar-refractivity contribution in [2.24, 2.45) is 0 Å². The molecule has 0 aliphatic heterocycles. The standard InChI is InChI=1S/C18H21BrN2O2/c1-3-14-4-6-15(7-5-14)13(2)20-17(22)10-11-21-12-16(19)8-9-18(21)23/h4-9,12-13H,3,10-11H2,1-2H3,(H,20,22). The van der Waals surface area contributed by atoms with Crippen LogP contribution in [0.15, 0.2) is 51.9 Å². The van der Waals surface area contributed by atoms with E-state index in [2.05, 4.69) is 40.3 Å². The second-order valence-corrected chi connectivity index (χ2v) is 6.43. The molecule has 1 unspecified atom stereocenters. The lowest BCUT2D eigenvalue weighted by molar-refractivity contribution is -0.121. The zero-order valence-corrected chi connectivity index (χ0v) is 15.0. The molecule has 0 saturated heterocycles. The Bertz CT molecular complexity index is 723. The second kappa shape index (κ2) is 8.11. The SMILES string of the molecule is CCc1ccc(C(C)NC(=O)CCn2cc(Br)ccc2=O)cc1. The Morgan fingerprint density at radius 2 is 1.91 bits per heavy atom. The highest BCUT2D eigenvalue weighted by Crippen LogP contribution is 2.14. The van der Waals surface area contributed by atoms with Gasteiger partial charge in [-0.15, -0.1) is 0 Å². The highest BCUT2D eigenvalue weighted by molar-refractivity contribution is 9.10. The Balaban J connectivity index is 1.90. The van der Waals surface area contributed by atoms with E-state index in [0.717, 1.165) is 16.5 Å². The number of hydrogen-bond donors (Lipinski definition) is 1. The maximum absolute atomic E-state index is 12.1. The van der Waals surface area contributed by atoms with Crippen LogP contribution in [0.2, 0.25) is 0 Å². The van der Waals surface area contributed by atoms with Gasteiger partial charge in [-0.1, -0.05) is 31.2 Å². The van der Waals surface area contributed by atoms with Crippen molar-refractivity contribution in [2.45, 2.75) is 39.3 Å². The minimum atomic E-state index is -0.107. The third-order valence-corrected chi connectivity index (χ3v) is 4.26. The summed E-state index contributed by atoms with van der Waals surface area (Å²) in [5.41, 5.74) is 2.25. The van der Waals surface area contributed by atoms with Crippen LogP contribution in [-0.4, -0.2) is 10.5 Å². The number of nitrogens with one attached hydrogen (secondary N) is 1. The van der Waals surface area contributed by atoms with Gasteiger partial charge in [0.25, 0.3) is 5.56 Å². The van der Waals surface area contributed by atoms with Gasteiger partial charge < -0.3 is 9.88 Å². The first kappa shape index (κ1) is 17.5. The van der Waals surface area contributed by atoms with E-state index in [-0.39, 0.29) is 23.9 Å². The third-order valence-electron chi connectivity index (χ3n) is 3.79. The molecule has 0 saturated carbocycles. The number of benzene rings is 1. The first-order valence-corrected chi connectivity index (χ1v) is 8.53. The van der Waals surface area contributed by atoms with Crippen LogP contribution in [0.1, 0.15) is 37.4 Å². The smallest absolute Gasteiger partial charge is 0.250 e. The Kier molecular flexibility index (Phi) is 6.16. The number of carbonyl (C=O) groups is 1. The van der Waals surface area contributed by atoms with Crippen LogP contribution in [0.4, 0.5) is 0 Å². The van der Waals surface area contributed by atoms with Crippen LogP contribution in [0, 0.1) is 0 Å². The van der Waals surface area contributed by atoms with E-state index < -0.39 is 0 Å². The summed E-state index contributed by atoms with van der Waals surface area (Å²) in [4.78, 5) is 23.8. The quantitative estimate of drug-likeness (QED) is 0.839. The highest BCUT2D eigenvalue weighted by Gasteiger charge is 2.10. The molecule has 1 atom stereocenters. The molecule has 1 amide bonds. The number of hydrogen-bond acceptors (Lipinski definition) is 2. The normalized spacial score (nSPS) is 12.0. The lowest BCUT2D eigenvalue weighted by Crippen LogP contribution is -2.29. The van der Waals surface area contributed by atoms with E-state index >= 15 is 0 Å². The van der Waals surface area contributed by atoms with Gasteiger partial charge in [0.1, 0.15) is 0 Å². The van der Waals surface area contributed by atoms with Crippen LogP contribution >= 0.6 is 15.9 Å². The minimum absolute atomic E-state index is 0.0485. The van der Waals surface area contributed by atoms with Crippen LogP contribution in [0.3, 0.4) is 0 Å². The first-order chi connectivity index (χ1) is 11.0. The topological polar surface area (TPSA) is 51.1 Å². The zero-order valence-electron chi connectivity index (χ0n) is 13.4. The maximum atomic E-state index is 12.1. The average Bonchev–Trinajstić information content (AvgIpc) is 2.55. The van der Waals surface area contributed by atoms with E-state index in [9.17, 15) is 9.59 Å². The Hall–Kier alpha value is -1.88. The molecular formula is C18H21BrN2O2. The number of amides is 1. The molecule has 1 aromatic heterocycles. The fourth-order valence-electron chi connectivity index (χ4n) is 2.34. The molecule has 0 bridgehead atoms. The summed E-state index contributed by atoms with van der Waals surface area (Å²) in [6.07, 6.45) is 2.97. The summed E-state index contributed by atoms with van der Waals surface area (Å²) in [6.45, 7) is 4.44. The lowest BCUT2D eigenvalue weighted by Gasteiger charge is -2.15. The van der Waals surface area contributed by atoms with Gasteiger partial charge >= 0.3 is 0 Å². The van der Waals surface area contributed by atoms with Gasteiger partial charge in [0, 0.05) is 29.7 Å². The van der Waals surface area contributed by atoms with E-state index in [1.807, 2.05) is 19.1 Å². The van der Waals surface area contributed by atoms with Gasteiger partial charge in [-0.25, -0.2) is 0 Å². The number of pyridine rings is 1. The van der Waals surface area contributed by atoms with Crippen molar-refractivity contribution in [3.05, 3.63) is 68.5 Å². The molecule has 0 fully saturated rings. The van der Waals surface area contributed by atoms with Gasteiger partial charge in [-0.3, -0.25) is 9.59 Å². The zero-order chi connectivity index (χ0) is 16.8. The predicted molar refractivity (Wildman–Crippen MR) is 95.4 cm³/mol. The lowest BCUT2D eigenvalue weighted by atomic mass is 10.0. The highest BCUT2D eigenvalue weighted by atomic mass is 79.9. The van der Waals surface area contributed by atoms with E-state index in [1.54, 1.807) is 12.3 Å². The summed E-state index contributed by atoms with van der Waals surface area (Å²) < 4.78 is 2.35. The molecule has 1 aromatic carbocycles. The third kappa shape index (κ3) is 5.06. The van der Waals surface area contributed by atoms with Crippen molar-refractivity contribution < 1.29 is 4.79 Å². The molecule has 1 heterocycles. The van der Waals surface area contributed by atoms with Crippen molar-refractivity contribution in [3.8, 4) is 0 Å². The number of nitrogens with zero attached hydrogens (tertiary/aromatic N) is 1. The van der Waals surface area contributed by atoms with Crippen LogP contribution in [0.25, 0.3) is 0 Å². The monoisotopic (exact) mass is 376 g/mol. The van der Waals surface area contributed by atoms with Crippen LogP contribution in [-0.2, 0) is 17.8 Å². The summed E-state index contributed by atoms with van der Waals surface area (Å²) in [7, 11) is 0. The van der Waals surface area contributed by atoms with Crippen molar-refractivity contribution in [1.82, 2.24) is 9.88 Å².